The number of nitrogens with zero attached hydrogens (tertiary/aromatic N) is 1. The Balaban J connectivity index is 1.30. The summed E-state index contributed by atoms with van der Waals surface area (Å²) in [5, 5.41) is 7.09. The van der Waals surface area contributed by atoms with Gasteiger partial charge in [0.05, 0.1) is 16.1 Å². The minimum absolute atomic E-state index is 0.881. The Morgan fingerprint density at radius 1 is 0.510 bits per heavy atom. The van der Waals surface area contributed by atoms with E-state index in [-0.39, 0.29) is 0 Å². The molecule has 0 bridgehead atoms. The molecule has 0 saturated carbocycles. The molecule has 3 heteroatoms. The molecule has 0 unspecified atom stereocenters. The van der Waals surface area contributed by atoms with Crippen LogP contribution in [0.1, 0.15) is 18.4 Å². The highest BCUT2D eigenvalue weighted by Gasteiger charge is 2.24. The molecule has 0 atom stereocenters. The Labute approximate surface area is 288 Å². The predicted molar refractivity (Wildman–Crippen MR) is 211 cm³/mol. The minimum Gasteiger partial charge on any atom is -0.453 e. The van der Waals surface area contributed by atoms with Gasteiger partial charge in [0.2, 0.25) is 0 Å². The van der Waals surface area contributed by atoms with Crippen LogP contribution in [0.15, 0.2) is 168 Å². The number of allylic oxidation sites excluding steroid dienone is 4. The van der Waals surface area contributed by atoms with Crippen LogP contribution in [0, 0.1) is 0 Å². The number of benzene rings is 7. The second-order valence-electron chi connectivity index (χ2n) is 12.8. The van der Waals surface area contributed by atoms with Gasteiger partial charge in [0, 0.05) is 37.3 Å². The standard InChI is InChI=1S/C46H31NOS/c1-3-12-30(13-4-1)32-22-25-35(26-23-32)47(41-20-11-19-39-37-18-9-10-21-43(37)49-46(39)41)42-29-34(31-14-5-2-6-15-31)28-40-38-27-24-33-16-7-8-17-36(33)44(38)48-45(40)42/h2-3,5-29H,1,4H2. The maximum absolute atomic E-state index is 7.05. The van der Waals surface area contributed by atoms with Crippen LogP contribution >= 0.6 is 11.3 Å². The fourth-order valence-corrected chi connectivity index (χ4v) is 8.70. The first-order valence-corrected chi connectivity index (χ1v) is 17.7. The smallest absolute Gasteiger partial charge is 0.159 e. The summed E-state index contributed by atoms with van der Waals surface area (Å²) < 4.78 is 9.59. The average molecular weight is 646 g/mol. The molecule has 0 radical (unpaired) electrons. The third-order valence-corrected chi connectivity index (χ3v) is 11.1. The summed E-state index contributed by atoms with van der Waals surface area (Å²) in [6.07, 6.45) is 9.05. The van der Waals surface area contributed by atoms with Gasteiger partial charge in [0.25, 0.3) is 0 Å². The van der Waals surface area contributed by atoms with Crippen molar-refractivity contribution in [2.75, 3.05) is 4.90 Å². The van der Waals surface area contributed by atoms with E-state index < -0.39 is 0 Å². The van der Waals surface area contributed by atoms with Crippen LogP contribution in [0.2, 0.25) is 0 Å². The van der Waals surface area contributed by atoms with Gasteiger partial charge in [-0.05, 0) is 83.0 Å². The maximum atomic E-state index is 7.05. The third-order valence-electron chi connectivity index (χ3n) is 9.87. The summed E-state index contributed by atoms with van der Waals surface area (Å²) in [4.78, 5) is 2.42. The summed E-state index contributed by atoms with van der Waals surface area (Å²) in [5.41, 5.74) is 9.90. The van der Waals surface area contributed by atoms with E-state index in [2.05, 4.69) is 169 Å². The van der Waals surface area contributed by atoms with Crippen LogP contribution in [0.3, 0.4) is 0 Å². The molecule has 1 aliphatic carbocycles. The fraction of sp³-hybridized carbons (Fsp3) is 0.0435. The van der Waals surface area contributed by atoms with Crippen LogP contribution in [-0.2, 0) is 0 Å². The molecular weight excluding hydrogens is 615 g/mol. The molecule has 232 valence electrons. The SMILES string of the molecule is C1=CC(c2ccc(N(c3cc(-c4ccccc4)cc4c3oc3c5ccccc5ccc43)c3cccc4c3sc3ccccc34)cc2)=CCC1. The molecule has 7 aromatic carbocycles. The van der Waals surface area contributed by atoms with Crippen LogP contribution in [-0.4, -0.2) is 0 Å². The molecule has 0 saturated heterocycles. The van der Waals surface area contributed by atoms with Crippen molar-refractivity contribution >= 4 is 86.9 Å². The van der Waals surface area contributed by atoms with Crippen molar-refractivity contribution in [3.8, 4) is 11.1 Å². The van der Waals surface area contributed by atoms with Crippen molar-refractivity contribution in [3.05, 3.63) is 169 Å². The zero-order valence-electron chi connectivity index (χ0n) is 26.8. The average Bonchev–Trinajstić information content (AvgIpc) is 3.75. The highest BCUT2D eigenvalue weighted by molar-refractivity contribution is 7.26. The topological polar surface area (TPSA) is 16.4 Å². The van der Waals surface area contributed by atoms with Crippen molar-refractivity contribution in [1.29, 1.82) is 0 Å². The van der Waals surface area contributed by atoms with Gasteiger partial charge in [-0.2, -0.15) is 0 Å². The molecule has 49 heavy (non-hydrogen) atoms. The zero-order chi connectivity index (χ0) is 32.3. The molecule has 0 spiro atoms. The van der Waals surface area contributed by atoms with Gasteiger partial charge in [0.15, 0.2) is 5.58 Å². The van der Waals surface area contributed by atoms with Gasteiger partial charge in [-0.1, -0.05) is 121 Å². The number of hydrogen-bond acceptors (Lipinski definition) is 3. The third kappa shape index (κ3) is 4.62. The Morgan fingerprint density at radius 3 is 2.16 bits per heavy atom. The number of fused-ring (bicyclic) bond motifs is 8. The minimum atomic E-state index is 0.881. The molecule has 0 aliphatic heterocycles. The van der Waals surface area contributed by atoms with Gasteiger partial charge in [0.1, 0.15) is 5.58 Å². The van der Waals surface area contributed by atoms with Crippen molar-refractivity contribution in [3.63, 3.8) is 0 Å². The lowest BCUT2D eigenvalue weighted by atomic mass is 9.98. The molecule has 1 aliphatic rings. The summed E-state index contributed by atoms with van der Waals surface area (Å²) >= 11 is 1.85. The first-order chi connectivity index (χ1) is 24.3. The number of thiophene rings is 1. The zero-order valence-corrected chi connectivity index (χ0v) is 27.6. The second kappa shape index (κ2) is 11.4. The van der Waals surface area contributed by atoms with E-state index in [0.29, 0.717) is 0 Å². The van der Waals surface area contributed by atoms with Gasteiger partial charge in [-0.3, -0.25) is 0 Å². The molecule has 2 aromatic heterocycles. The second-order valence-corrected chi connectivity index (χ2v) is 13.8. The van der Waals surface area contributed by atoms with E-state index in [0.717, 1.165) is 62.8 Å². The maximum Gasteiger partial charge on any atom is 0.159 e. The Morgan fingerprint density at radius 2 is 1.31 bits per heavy atom. The van der Waals surface area contributed by atoms with Gasteiger partial charge in [-0.25, -0.2) is 0 Å². The summed E-state index contributed by atoms with van der Waals surface area (Å²) in [6, 6.07) is 52.8. The molecule has 2 heterocycles. The van der Waals surface area contributed by atoms with Crippen LogP contribution in [0.5, 0.6) is 0 Å². The van der Waals surface area contributed by atoms with Crippen molar-refractivity contribution in [2.24, 2.45) is 0 Å². The Hall–Kier alpha value is -5.90. The number of furan rings is 1. The molecule has 9 aromatic rings. The van der Waals surface area contributed by atoms with Gasteiger partial charge < -0.3 is 9.32 Å². The van der Waals surface area contributed by atoms with E-state index in [4.69, 9.17) is 4.42 Å². The van der Waals surface area contributed by atoms with Gasteiger partial charge >= 0.3 is 0 Å². The van der Waals surface area contributed by atoms with E-state index >= 15 is 0 Å². The fourth-order valence-electron chi connectivity index (χ4n) is 7.50. The number of hydrogen-bond donors (Lipinski definition) is 0. The molecule has 0 amide bonds. The summed E-state index contributed by atoms with van der Waals surface area (Å²) in [7, 11) is 0. The molecule has 0 N–H and O–H groups in total. The van der Waals surface area contributed by atoms with Crippen LogP contribution < -0.4 is 4.90 Å². The van der Waals surface area contributed by atoms with Crippen molar-refractivity contribution in [2.45, 2.75) is 12.8 Å². The normalized spacial score (nSPS) is 13.2. The number of rotatable bonds is 5. The van der Waals surface area contributed by atoms with E-state index in [9.17, 15) is 0 Å². The molecular formula is C46H31NOS. The first-order valence-electron chi connectivity index (χ1n) is 16.9. The highest BCUT2D eigenvalue weighted by atomic mass is 32.1. The lowest BCUT2D eigenvalue weighted by molar-refractivity contribution is 0.673. The Kier molecular flexibility index (Phi) is 6.53. The van der Waals surface area contributed by atoms with E-state index in [1.54, 1.807) is 0 Å². The lowest BCUT2D eigenvalue weighted by Crippen LogP contribution is -2.11. The molecule has 2 nitrogen and oxygen atoms in total. The summed E-state index contributed by atoms with van der Waals surface area (Å²) in [6.45, 7) is 0. The predicted octanol–water partition coefficient (Wildman–Crippen LogP) is 14.0. The van der Waals surface area contributed by atoms with Crippen molar-refractivity contribution in [1.82, 2.24) is 0 Å². The molecule has 0 fully saturated rings. The number of anilines is 3. The summed E-state index contributed by atoms with van der Waals surface area (Å²) in [5.74, 6) is 0. The van der Waals surface area contributed by atoms with E-state index in [1.807, 2.05) is 11.3 Å². The largest absolute Gasteiger partial charge is 0.453 e. The lowest BCUT2D eigenvalue weighted by Gasteiger charge is -2.27. The van der Waals surface area contributed by atoms with Crippen LogP contribution in [0.4, 0.5) is 17.1 Å². The molecule has 10 rings (SSSR count). The first kappa shape index (κ1) is 28.1. The highest BCUT2D eigenvalue weighted by Crippen LogP contribution is 2.49. The quantitative estimate of drug-likeness (QED) is 0.185. The van der Waals surface area contributed by atoms with E-state index in [1.165, 1.54) is 42.3 Å². The van der Waals surface area contributed by atoms with Crippen LogP contribution in [0.25, 0.3) is 69.6 Å². The van der Waals surface area contributed by atoms with Crippen molar-refractivity contribution < 1.29 is 4.42 Å². The monoisotopic (exact) mass is 645 g/mol. The Bertz CT molecular complexity index is 2760. The van der Waals surface area contributed by atoms with Gasteiger partial charge in [-0.15, -0.1) is 11.3 Å².